The first-order valence-electron chi connectivity index (χ1n) is 4.99. The molecule has 0 amide bonds. The SMILES string of the molecule is CNc1ncc(Cl)c(NCCc2ncno2)n1. The molecule has 2 aromatic rings. The zero-order valence-electron chi connectivity index (χ0n) is 9.14. The van der Waals surface area contributed by atoms with Crippen LogP contribution in [0.5, 0.6) is 0 Å². The van der Waals surface area contributed by atoms with E-state index in [1.165, 1.54) is 12.5 Å². The van der Waals surface area contributed by atoms with Gasteiger partial charge in [0.1, 0.15) is 10.8 Å². The lowest BCUT2D eigenvalue weighted by atomic mass is 10.4. The monoisotopic (exact) mass is 254 g/mol. The van der Waals surface area contributed by atoms with Gasteiger partial charge in [-0.25, -0.2) is 4.98 Å². The summed E-state index contributed by atoms with van der Waals surface area (Å²) in [6, 6.07) is 0. The molecule has 2 rings (SSSR count). The lowest BCUT2D eigenvalue weighted by Gasteiger charge is -2.07. The normalized spacial score (nSPS) is 10.2. The topological polar surface area (TPSA) is 88.8 Å². The maximum Gasteiger partial charge on any atom is 0.228 e. The fourth-order valence-corrected chi connectivity index (χ4v) is 1.36. The van der Waals surface area contributed by atoms with E-state index in [1.807, 2.05) is 0 Å². The number of hydrogen-bond donors (Lipinski definition) is 2. The van der Waals surface area contributed by atoms with Crippen LogP contribution in [-0.2, 0) is 6.42 Å². The summed E-state index contributed by atoms with van der Waals surface area (Å²) < 4.78 is 4.87. The lowest BCUT2D eigenvalue weighted by Crippen LogP contribution is -2.08. The van der Waals surface area contributed by atoms with E-state index in [0.717, 1.165) is 0 Å². The zero-order valence-corrected chi connectivity index (χ0v) is 9.90. The molecule has 0 spiro atoms. The molecule has 0 aliphatic carbocycles. The minimum Gasteiger partial charge on any atom is -0.368 e. The van der Waals surface area contributed by atoms with Crippen molar-refractivity contribution < 1.29 is 4.52 Å². The van der Waals surface area contributed by atoms with Crippen LogP contribution >= 0.6 is 11.6 Å². The number of rotatable bonds is 5. The number of nitrogens with zero attached hydrogens (tertiary/aromatic N) is 4. The molecule has 8 heteroatoms. The van der Waals surface area contributed by atoms with Gasteiger partial charge in [-0.3, -0.25) is 0 Å². The average Bonchev–Trinajstić information content (AvgIpc) is 2.84. The van der Waals surface area contributed by atoms with E-state index >= 15 is 0 Å². The Balaban J connectivity index is 1.94. The Kier molecular flexibility index (Phi) is 3.71. The van der Waals surface area contributed by atoms with Gasteiger partial charge in [0, 0.05) is 20.0 Å². The number of anilines is 2. The summed E-state index contributed by atoms with van der Waals surface area (Å²) in [5.41, 5.74) is 0. The summed E-state index contributed by atoms with van der Waals surface area (Å²) in [5, 5.41) is 9.90. The van der Waals surface area contributed by atoms with E-state index in [1.54, 1.807) is 7.05 Å². The lowest BCUT2D eigenvalue weighted by molar-refractivity contribution is 0.379. The smallest absolute Gasteiger partial charge is 0.228 e. The molecule has 17 heavy (non-hydrogen) atoms. The van der Waals surface area contributed by atoms with E-state index in [4.69, 9.17) is 16.1 Å². The standard InChI is InChI=1S/C9H11ClN6O/c1-11-9-13-4-6(10)8(16-9)12-3-2-7-14-5-15-17-7/h4-5H,2-3H2,1H3,(H2,11,12,13,16). The molecule has 2 N–H and O–H groups in total. The number of aromatic nitrogens is 4. The molecular weight excluding hydrogens is 244 g/mol. The van der Waals surface area contributed by atoms with E-state index in [2.05, 4.69) is 30.7 Å². The van der Waals surface area contributed by atoms with Crippen LogP contribution in [0.2, 0.25) is 5.02 Å². The van der Waals surface area contributed by atoms with Crippen molar-refractivity contribution in [1.82, 2.24) is 20.1 Å². The summed E-state index contributed by atoms with van der Waals surface area (Å²) in [7, 11) is 1.74. The van der Waals surface area contributed by atoms with Crippen molar-refractivity contribution in [3.63, 3.8) is 0 Å². The predicted octanol–water partition coefficient (Wildman–Crippen LogP) is 1.21. The molecule has 0 fully saturated rings. The summed E-state index contributed by atoms with van der Waals surface area (Å²) in [5.74, 6) is 1.65. The Morgan fingerprint density at radius 2 is 2.29 bits per heavy atom. The third-order valence-corrected chi connectivity index (χ3v) is 2.28. The summed E-state index contributed by atoms with van der Waals surface area (Å²) in [4.78, 5) is 12.1. The van der Waals surface area contributed by atoms with Crippen LogP contribution in [-0.4, -0.2) is 33.7 Å². The molecule has 0 radical (unpaired) electrons. The fraction of sp³-hybridized carbons (Fsp3) is 0.333. The molecule has 0 unspecified atom stereocenters. The van der Waals surface area contributed by atoms with Crippen LogP contribution in [0.4, 0.5) is 11.8 Å². The molecule has 90 valence electrons. The molecule has 0 aromatic carbocycles. The first-order chi connectivity index (χ1) is 8.29. The average molecular weight is 255 g/mol. The van der Waals surface area contributed by atoms with E-state index in [9.17, 15) is 0 Å². The zero-order chi connectivity index (χ0) is 12.1. The molecule has 0 saturated carbocycles. The Morgan fingerprint density at radius 3 is 3.00 bits per heavy atom. The van der Waals surface area contributed by atoms with Crippen molar-refractivity contribution >= 4 is 23.4 Å². The Bertz CT molecular complexity index is 474. The Morgan fingerprint density at radius 1 is 1.41 bits per heavy atom. The van der Waals surface area contributed by atoms with E-state index < -0.39 is 0 Å². The van der Waals surface area contributed by atoms with Crippen LogP contribution < -0.4 is 10.6 Å². The largest absolute Gasteiger partial charge is 0.368 e. The second-order valence-corrected chi connectivity index (χ2v) is 3.56. The van der Waals surface area contributed by atoms with Gasteiger partial charge >= 0.3 is 0 Å². The second kappa shape index (κ2) is 5.44. The van der Waals surface area contributed by atoms with E-state index in [0.29, 0.717) is 35.6 Å². The fourth-order valence-electron chi connectivity index (χ4n) is 1.21. The van der Waals surface area contributed by atoms with Crippen molar-refractivity contribution in [3.05, 3.63) is 23.4 Å². The van der Waals surface area contributed by atoms with Crippen molar-refractivity contribution in [3.8, 4) is 0 Å². The molecule has 0 saturated heterocycles. The van der Waals surface area contributed by atoms with Crippen LogP contribution in [0.1, 0.15) is 5.89 Å². The highest BCUT2D eigenvalue weighted by Gasteiger charge is 2.05. The number of nitrogens with one attached hydrogen (secondary N) is 2. The maximum absolute atomic E-state index is 5.95. The molecule has 0 aliphatic heterocycles. The summed E-state index contributed by atoms with van der Waals surface area (Å²) in [6.07, 6.45) is 3.51. The van der Waals surface area contributed by atoms with Crippen LogP contribution in [0.25, 0.3) is 0 Å². The molecular formula is C9H11ClN6O. The van der Waals surface area contributed by atoms with Crippen LogP contribution in [0, 0.1) is 0 Å². The van der Waals surface area contributed by atoms with Gasteiger partial charge in [-0.15, -0.1) is 0 Å². The quantitative estimate of drug-likeness (QED) is 0.829. The summed E-state index contributed by atoms with van der Waals surface area (Å²) >= 11 is 5.95. The van der Waals surface area contributed by atoms with Crippen molar-refractivity contribution in [2.75, 3.05) is 24.2 Å². The molecule has 7 nitrogen and oxygen atoms in total. The number of halogens is 1. The molecule has 0 atom stereocenters. The Hall–Kier alpha value is -1.89. The van der Waals surface area contributed by atoms with Gasteiger partial charge in [-0.1, -0.05) is 16.8 Å². The van der Waals surface area contributed by atoms with Crippen molar-refractivity contribution in [2.45, 2.75) is 6.42 Å². The van der Waals surface area contributed by atoms with Gasteiger partial charge in [-0.05, 0) is 0 Å². The van der Waals surface area contributed by atoms with Gasteiger partial charge in [0.2, 0.25) is 11.8 Å². The van der Waals surface area contributed by atoms with E-state index in [-0.39, 0.29) is 0 Å². The minimum absolute atomic E-state index is 0.467. The first kappa shape index (κ1) is 11.6. The highest BCUT2D eigenvalue weighted by molar-refractivity contribution is 6.32. The van der Waals surface area contributed by atoms with Crippen molar-refractivity contribution in [2.24, 2.45) is 0 Å². The minimum atomic E-state index is 0.467. The van der Waals surface area contributed by atoms with Gasteiger partial charge in [0.05, 0.1) is 6.20 Å². The van der Waals surface area contributed by atoms with Gasteiger partial charge in [-0.2, -0.15) is 9.97 Å². The summed E-state index contributed by atoms with van der Waals surface area (Å²) in [6.45, 7) is 0.599. The van der Waals surface area contributed by atoms with Gasteiger partial charge < -0.3 is 15.2 Å². The molecule has 0 bridgehead atoms. The molecule has 2 aromatic heterocycles. The second-order valence-electron chi connectivity index (χ2n) is 3.15. The number of hydrogen-bond acceptors (Lipinski definition) is 7. The molecule has 2 heterocycles. The third kappa shape index (κ3) is 3.04. The van der Waals surface area contributed by atoms with Crippen LogP contribution in [0.3, 0.4) is 0 Å². The van der Waals surface area contributed by atoms with Gasteiger partial charge in [0.25, 0.3) is 0 Å². The van der Waals surface area contributed by atoms with Crippen molar-refractivity contribution in [1.29, 1.82) is 0 Å². The highest BCUT2D eigenvalue weighted by atomic mass is 35.5. The Labute approximate surface area is 103 Å². The molecule has 0 aliphatic rings. The highest BCUT2D eigenvalue weighted by Crippen LogP contribution is 2.18. The third-order valence-electron chi connectivity index (χ3n) is 2.01. The first-order valence-corrected chi connectivity index (χ1v) is 5.37. The van der Waals surface area contributed by atoms with Gasteiger partial charge in [0.15, 0.2) is 6.33 Å². The predicted molar refractivity (Wildman–Crippen MR) is 63.1 cm³/mol. The maximum atomic E-state index is 5.95. The van der Waals surface area contributed by atoms with Crippen LogP contribution in [0.15, 0.2) is 17.0 Å².